The molecule has 2 fully saturated rings. The number of fused-ring (bicyclic) bond motifs is 1. The highest BCUT2D eigenvalue weighted by molar-refractivity contribution is 5.97. The lowest BCUT2D eigenvalue weighted by molar-refractivity contribution is -0.123. The van der Waals surface area contributed by atoms with Gasteiger partial charge >= 0.3 is 0 Å². The van der Waals surface area contributed by atoms with Gasteiger partial charge in [0.25, 0.3) is 6.43 Å². The van der Waals surface area contributed by atoms with E-state index < -0.39 is 6.43 Å². The number of nitrogens with zero attached hydrogens (tertiary/aromatic N) is 6. The van der Waals surface area contributed by atoms with Gasteiger partial charge in [0.2, 0.25) is 5.91 Å². The molecular weight excluding hydrogens is 522 g/mol. The quantitative estimate of drug-likeness (QED) is 0.357. The van der Waals surface area contributed by atoms with Crippen LogP contribution in [0.2, 0.25) is 0 Å². The number of hydrogen-bond donors (Lipinski definition) is 2. The Morgan fingerprint density at radius 1 is 1.20 bits per heavy atom. The maximum atomic E-state index is 13.8. The number of imidazole rings is 1. The van der Waals surface area contributed by atoms with Gasteiger partial charge in [0.15, 0.2) is 5.82 Å². The van der Waals surface area contributed by atoms with E-state index in [-0.39, 0.29) is 29.0 Å². The molecule has 3 aromatic heterocycles. The van der Waals surface area contributed by atoms with E-state index in [0.717, 1.165) is 39.1 Å². The van der Waals surface area contributed by atoms with Crippen molar-refractivity contribution in [2.45, 2.75) is 32.2 Å². The monoisotopic (exact) mass is 552 g/mol. The Morgan fingerprint density at radius 2 is 1.98 bits per heavy atom. The molecule has 4 aromatic rings. The zero-order valence-electron chi connectivity index (χ0n) is 22.2. The molecule has 13 heteroatoms. The highest BCUT2D eigenvalue weighted by atomic mass is 19.3. The number of aromatic nitrogens is 5. The van der Waals surface area contributed by atoms with Gasteiger partial charge in [-0.05, 0) is 51.1 Å². The minimum atomic E-state index is -2.76. The first kappa shape index (κ1) is 26.1. The summed E-state index contributed by atoms with van der Waals surface area (Å²) in [7, 11) is 1.52. The van der Waals surface area contributed by atoms with Crippen molar-refractivity contribution in [3.05, 3.63) is 47.9 Å². The highest BCUT2D eigenvalue weighted by Gasteiger charge is 2.32. The van der Waals surface area contributed by atoms with Crippen LogP contribution in [0.3, 0.4) is 0 Å². The molecule has 2 saturated heterocycles. The molecule has 1 amide bonds. The second-order valence-corrected chi connectivity index (χ2v) is 10.2. The normalized spacial score (nSPS) is 16.9. The Hall–Kier alpha value is -4.10. The van der Waals surface area contributed by atoms with Crippen molar-refractivity contribution >= 4 is 28.4 Å². The van der Waals surface area contributed by atoms with E-state index in [0.29, 0.717) is 40.0 Å². The molecule has 0 bridgehead atoms. The number of carbonyl (C=O) groups is 1. The molecule has 210 valence electrons. The van der Waals surface area contributed by atoms with Crippen LogP contribution in [0.4, 0.5) is 20.3 Å². The number of nitrogens with one attached hydrogen (secondary N) is 1. The molecule has 6 rings (SSSR count). The average Bonchev–Trinajstić information content (AvgIpc) is 3.48. The van der Waals surface area contributed by atoms with Crippen molar-refractivity contribution in [3.63, 3.8) is 0 Å². The summed E-state index contributed by atoms with van der Waals surface area (Å²) >= 11 is 0. The number of anilines is 2. The maximum Gasteiger partial charge on any atom is 0.267 e. The Kier molecular flexibility index (Phi) is 6.84. The summed E-state index contributed by atoms with van der Waals surface area (Å²) in [5.41, 5.74) is 7.82. The van der Waals surface area contributed by atoms with Crippen molar-refractivity contribution in [1.82, 2.24) is 29.2 Å². The van der Waals surface area contributed by atoms with Gasteiger partial charge in [-0.15, -0.1) is 5.10 Å². The molecule has 0 saturated carbocycles. The summed E-state index contributed by atoms with van der Waals surface area (Å²) in [6, 6.07) is 8.37. The van der Waals surface area contributed by atoms with Gasteiger partial charge < -0.3 is 20.5 Å². The van der Waals surface area contributed by atoms with Gasteiger partial charge in [-0.3, -0.25) is 14.3 Å². The molecule has 0 spiro atoms. The number of amides is 1. The molecule has 11 nitrogen and oxygen atoms in total. The molecule has 0 atom stereocenters. The summed E-state index contributed by atoms with van der Waals surface area (Å²) in [5.74, 6) is 0.853. The summed E-state index contributed by atoms with van der Waals surface area (Å²) in [6.45, 7) is 5.00. The fourth-order valence-electron chi connectivity index (χ4n) is 5.32. The van der Waals surface area contributed by atoms with Gasteiger partial charge in [-0.25, -0.2) is 23.4 Å². The van der Waals surface area contributed by atoms with Gasteiger partial charge in [0, 0.05) is 23.7 Å². The number of hydrogen-bond acceptors (Lipinski definition) is 8. The first-order valence-electron chi connectivity index (χ1n) is 13.1. The molecule has 0 radical (unpaired) electrons. The Morgan fingerprint density at radius 3 is 2.60 bits per heavy atom. The number of alkyl halides is 2. The van der Waals surface area contributed by atoms with E-state index in [4.69, 9.17) is 15.2 Å². The van der Waals surface area contributed by atoms with Crippen LogP contribution < -0.4 is 15.8 Å². The largest absolute Gasteiger partial charge is 0.494 e. The van der Waals surface area contributed by atoms with Crippen molar-refractivity contribution in [2.75, 3.05) is 44.5 Å². The lowest BCUT2D eigenvalue weighted by atomic mass is 9.94. The van der Waals surface area contributed by atoms with Gasteiger partial charge in [0.05, 0.1) is 48.6 Å². The predicted octanol–water partition coefficient (Wildman–Crippen LogP) is 3.49. The predicted molar refractivity (Wildman–Crippen MR) is 144 cm³/mol. The summed E-state index contributed by atoms with van der Waals surface area (Å²) in [5, 5.41) is 7.16. The van der Waals surface area contributed by atoms with E-state index >= 15 is 0 Å². The number of rotatable bonds is 7. The van der Waals surface area contributed by atoms with Crippen molar-refractivity contribution in [2.24, 2.45) is 5.92 Å². The number of carbonyl (C=O) groups excluding carboxylic acids is 1. The number of pyridine rings is 1. The van der Waals surface area contributed by atoms with Crippen molar-refractivity contribution < 1.29 is 23.0 Å². The van der Waals surface area contributed by atoms with E-state index in [1.54, 1.807) is 36.0 Å². The van der Waals surface area contributed by atoms with Crippen LogP contribution in [0.1, 0.15) is 30.5 Å². The number of piperidine rings is 1. The molecule has 0 unspecified atom stereocenters. The SMILES string of the molecule is COc1cc2c(cc1NC(=O)C1CCN(C3COC3)CC1)ncn2-c1ccc(C(F)F)c(-n2nc(N)cc2C)n1. The third kappa shape index (κ3) is 4.75. The van der Waals surface area contributed by atoms with Crippen LogP contribution in [0, 0.1) is 12.8 Å². The number of ether oxygens (including phenoxy) is 2. The second kappa shape index (κ2) is 10.5. The average molecular weight is 553 g/mol. The lowest BCUT2D eigenvalue weighted by Gasteiger charge is -2.41. The number of benzene rings is 1. The summed E-state index contributed by atoms with van der Waals surface area (Å²) in [6.07, 6.45) is 0.358. The van der Waals surface area contributed by atoms with E-state index in [2.05, 4.69) is 25.3 Å². The van der Waals surface area contributed by atoms with E-state index in [1.165, 1.54) is 23.9 Å². The summed E-state index contributed by atoms with van der Waals surface area (Å²) < 4.78 is 41.6. The standard InChI is InChI=1S/C27H30F2N8O3/c1-15-9-23(30)34-37(15)26-18(25(28)29)3-4-24(33-26)36-14-31-19-10-20(22(39-2)11-21(19)36)32-27(38)16-5-7-35(8-6-16)17-12-40-13-17/h3-4,9-11,14,16-17,25H,5-8,12-13H2,1-2H3,(H2,30,34)(H,32,38). The van der Waals surface area contributed by atoms with E-state index in [9.17, 15) is 13.6 Å². The maximum absolute atomic E-state index is 13.8. The van der Waals surface area contributed by atoms with Gasteiger partial charge in [0.1, 0.15) is 23.7 Å². The number of nitrogen functional groups attached to an aromatic ring is 1. The minimum absolute atomic E-state index is 0.0183. The van der Waals surface area contributed by atoms with Crippen LogP contribution in [0.15, 0.2) is 36.7 Å². The second-order valence-electron chi connectivity index (χ2n) is 10.2. The fourth-order valence-corrected chi connectivity index (χ4v) is 5.32. The molecule has 40 heavy (non-hydrogen) atoms. The lowest BCUT2D eigenvalue weighted by Crippen LogP contribution is -2.52. The van der Waals surface area contributed by atoms with Crippen LogP contribution in [0.25, 0.3) is 22.7 Å². The molecule has 1 aromatic carbocycles. The Bertz CT molecular complexity index is 1560. The van der Waals surface area contributed by atoms with Gasteiger partial charge in [-0.1, -0.05) is 0 Å². The van der Waals surface area contributed by atoms with Crippen LogP contribution in [0.5, 0.6) is 5.75 Å². The third-order valence-electron chi connectivity index (χ3n) is 7.64. The van der Waals surface area contributed by atoms with Crippen molar-refractivity contribution in [1.29, 1.82) is 0 Å². The highest BCUT2D eigenvalue weighted by Crippen LogP contribution is 2.33. The number of halogens is 2. The molecule has 2 aliphatic rings. The zero-order chi connectivity index (χ0) is 28.0. The molecule has 5 heterocycles. The molecule has 0 aliphatic carbocycles. The Labute approximate surface area is 228 Å². The van der Waals surface area contributed by atoms with Crippen LogP contribution in [-0.2, 0) is 9.53 Å². The molecule has 2 aliphatic heterocycles. The van der Waals surface area contributed by atoms with Crippen LogP contribution >= 0.6 is 0 Å². The first-order chi connectivity index (χ1) is 19.3. The topological polar surface area (TPSA) is 125 Å². The Balaban J connectivity index is 1.28. The number of aryl methyl sites for hydroxylation is 1. The fraction of sp³-hybridized carbons (Fsp3) is 0.407. The minimum Gasteiger partial charge on any atom is -0.494 e. The first-order valence-corrected chi connectivity index (χ1v) is 13.1. The summed E-state index contributed by atoms with van der Waals surface area (Å²) in [4.78, 5) is 24.5. The number of likely N-dealkylation sites (tertiary alicyclic amines) is 1. The molecule has 3 N–H and O–H groups in total. The number of nitrogens with two attached hydrogens (primary N) is 1. The van der Waals surface area contributed by atoms with Crippen molar-refractivity contribution in [3.8, 4) is 17.4 Å². The zero-order valence-corrected chi connectivity index (χ0v) is 22.2. The molecular formula is C27H30F2N8O3. The van der Waals surface area contributed by atoms with Gasteiger partial charge in [-0.2, -0.15) is 0 Å². The smallest absolute Gasteiger partial charge is 0.267 e. The third-order valence-corrected chi connectivity index (χ3v) is 7.64. The van der Waals surface area contributed by atoms with Crippen LogP contribution in [-0.4, -0.2) is 74.6 Å². The number of methoxy groups -OCH3 is 1. The van der Waals surface area contributed by atoms with E-state index in [1.807, 2.05) is 0 Å².